The van der Waals surface area contributed by atoms with Crippen molar-refractivity contribution < 1.29 is 0 Å². The van der Waals surface area contributed by atoms with Gasteiger partial charge in [0.2, 0.25) is 0 Å². The normalized spacial score (nSPS) is 11.6. The summed E-state index contributed by atoms with van der Waals surface area (Å²) in [6.07, 6.45) is 13.9. The molecule has 0 amide bonds. The lowest BCUT2D eigenvalue weighted by molar-refractivity contribution is 0.729. The average Bonchev–Trinajstić information content (AvgIpc) is 2.30. The third kappa shape index (κ3) is 4.97. The van der Waals surface area contributed by atoms with Crippen LogP contribution >= 0.6 is 0 Å². The molecule has 0 saturated carbocycles. The smallest absolute Gasteiger partial charge is 0.0227 e. The summed E-state index contributed by atoms with van der Waals surface area (Å²) in [4.78, 5) is 0. The van der Waals surface area contributed by atoms with Crippen LogP contribution in [0.2, 0.25) is 0 Å². The Morgan fingerprint density at radius 2 is 1.88 bits per heavy atom. The third-order valence-corrected chi connectivity index (χ3v) is 2.69. The fourth-order valence-corrected chi connectivity index (χ4v) is 1.62. The van der Waals surface area contributed by atoms with E-state index in [-0.39, 0.29) is 0 Å². The van der Waals surface area contributed by atoms with Crippen molar-refractivity contribution in [2.75, 3.05) is 0 Å². The Morgan fingerprint density at radius 3 is 2.62 bits per heavy atom. The van der Waals surface area contributed by atoms with E-state index < -0.39 is 0 Å². The number of aryl methyl sites for hydroxylation is 1. The van der Waals surface area contributed by atoms with E-state index in [1.54, 1.807) is 0 Å². The monoisotopic (exact) mass is 214 g/mol. The first-order chi connectivity index (χ1) is 7.84. The number of unbranched alkanes of at least 4 members (excludes halogenated alkanes) is 3. The highest BCUT2D eigenvalue weighted by Gasteiger charge is 1.88. The summed E-state index contributed by atoms with van der Waals surface area (Å²) in [6.45, 7) is 4.38. The van der Waals surface area contributed by atoms with E-state index in [4.69, 9.17) is 0 Å². The standard InChI is InChI=1S/C16H22/c1-3-4-5-6-7-8-9-13-16-14-11-10-12-15(16)2/h7-14H,3-6H2,1-2H3/b8-7+,13-9+. The molecule has 0 aliphatic carbocycles. The molecule has 0 heterocycles. The van der Waals surface area contributed by atoms with E-state index in [0.717, 1.165) is 0 Å². The predicted octanol–water partition coefficient (Wildman–Crippen LogP) is 5.14. The second kappa shape index (κ2) is 7.92. The van der Waals surface area contributed by atoms with Crippen LogP contribution in [0.5, 0.6) is 0 Å². The first-order valence-electron chi connectivity index (χ1n) is 6.23. The molecular formula is C16H22. The van der Waals surface area contributed by atoms with Gasteiger partial charge >= 0.3 is 0 Å². The van der Waals surface area contributed by atoms with Gasteiger partial charge in [0.25, 0.3) is 0 Å². The van der Waals surface area contributed by atoms with Gasteiger partial charge in [-0.05, 0) is 30.9 Å². The van der Waals surface area contributed by atoms with Crippen molar-refractivity contribution in [2.45, 2.75) is 39.5 Å². The zero-order valence-corrected chi connectivity index (χ0v) is 10.4. The molecule has 0 aliphatic rings. The summed E-state index contributed by atoms with van der Waals surface area (Å²) < 4.78 is 0. The van der Waals surface area contributed by atoms with Gasteiger partial charge in [0, 0.05) is 0 Å². The topological polar surface area (TPSA) is 0 Å². The first kappa shape index (κ1) is 12.8. The predicted molar refractivity (Wildman–Crippen MR) is 73.5 cm³/mol. The lowest BCUT2D eigenvalue weighted by Crippen LogP contribution is -1.77. The highest BCUT2D eigenvalue weighted by Crippen LogP contribution is 2.08. The van der Waals surface area contributed by atoms with E-state index in [1.807, 2.05) is 0 Å². The molecule has 0 spiro atoms. The number of hydrogen-bond donors (Lipinski definition) is 0. The number of rotatable bonds is 6. The van der Waals surface area contributed by atoms with Crippen molar-refractivity contribution in [3.8, 4) is 0 Å². The van der Waals surface area contributed by atoms with Crippen LogP contribution in [-0.4, -0.2) is 0 Å². The molecule has 0 bridgehead atoms. The third-order valence-electron chi connectivity index (χ3n) is 2.69. The molecule has 0 heteroatoms. The van der Waals surface area contributed by atoms with Crippen molar-refractivity contribution in [1.29, 1.82) is 0 Å². The minimum atomic E-state index is 1.20. The van der Waals surface area contributed by atoms with Gasteiger partial charge in [0.1, 0.15) is 0 Å². The van der Waals surface area contributed by atoms with Crippen LogP contribution in [0.3, 0.4) is 0 Å². The van der Waals surface area contributed by atoms with Crippen LogP contribution < -0.4 is 0 Å². The van der Waals surface area contributed by atoms with Crippen molar-refractivity contribution >= 4 is 6.08 Å². The quantitative estimate of drug-likeness (QED) is 0.454. The summed E-state index contributed by atoms with van der Waals surface area (Å²) >= 11 is 0. The molecule has 0 aliphatic heterocycles. The Morgan fingerprint density at radius 1 is 1.06 bits per heavy atom. The molecule has 0 aromatic heterocycles. The van der Waals surface area contributed by atoms with Gasteiger partial charge in [-0.2, -0.15) is 0 Å². The lowest BCUT2D eigenvalue weighted by Gasteiger charge is -1.96. The van der Waals surface area contributed by atoms with Gasteiger partial charge in [-0.1, -0.05) is 68.3 Å². The second-order valence-corrected chi connectivity index (χ2v) is 4.14. The van der Waals surface area contributed by atoms with Crippen molar-refractivity contribution in [1.82, 2.24) is 0 Å². The van der Waals surface area contributed by atoms with Gasteiger partial charge in [-0.3, -0.25) is 0 Å². The first-order valence-corrected chi connectivity index (χ1v) is 6.23. The second-order valence-electron chi connectivity index (χ2n) is 4.14. The summed E-state index contributed by atoms with van der Waals surface area (Å²) in [5.41, 5.74) is 2.64. The Kier molecular flexibility index (Phi) is 6.32. The number of hydrogen-bond acceptors (Lipinski definition) is 0. The van der Waals surface area contributed by atoms with E-state index in [0.29, 0.717) is 0 Å². The highest BCUT2D eigenvalue weighted by molar-refractivity contribution is 5.54. The fourth-order valence-electron chi connectivity index (χ4n) is 1.62. The van der Waals surface area contributed by atoms with Crippen LogP contribution in [0, 0.1) is 6.92 Å². The molecule has 86 valence electrons. The molecule has 1 aromatic carbocycles. The molecule has 0 fully saturated rings. The number of allylic oxidation sites excluding steroid dienone is 3. The minimum Gasteiger partial charge on any atom is -0.0845 e. The van der Waals surface area contributed by atoms with Gasteiger partial charge in [0.05, 0.1) is 0 Å². The minimum absolute atomic E-state index is 1.20. The van der Waals surface area contributed by atoms with Gasteiger partial charge < -0.3 is 0 Å². The Balaban J connectivity index is 2.34. The highest BCUT2D eigenvalue weighted by atomic mass is 13.9. The molecule has 0 unspecified atom stereocenters. The zero-order chi connectivity index (χ0) is 11.6. The van der Waals surface area contributed by atoms with Crippen LogP contribution in [0.15, 0.2) is 42.5 Å². The molecule has 0 N–H and O–H groups in total. The van der Waals surface area contributed by atoms with Crippen LogP contribution in [0.25, 0.3) is 6.08 Å². The van der Waals surface area contributed by atoms with E-state index in [2.05, 4.69) is 62.4 Å². The Bertz CT molecular complexity index is 345. The zero-order valence-electron chi connectivity index (χ0n) is 10.4. The maximum atomic E-state index is 2.25. The molecule has 1 rings (SSSR count). The van der Waals surface area contributed by atoms with E-state index in [9.17, 15) is 0 Å². The van der Waals surface area contributed by atoms with Crippen molar-refractivity contribution in [2.24, 2.45) is 0 Å². The largest absolute Gasteiger partial charge is 0.0845 e. The van der Waals surface area contributed by atoms with Crippen LogP contribution in [0.4, 0.5) is 0 Å². The molecule has 0 saturated heterocycles. The lowest BCUT2D eigenvalue weighted by atomic mass is 10.1. The SMILES string of the molecule is CCCCC/C=C/C=C/c1ccccc1C. The molecule has 0 radical (unpaired) electrons. The molecule has 0 atom stereocenters. The van der Waals surface area contributed by atoms with Crippen LogP contribution in [-0.2, 0) is 0 Å². The van der Waals surface area contributed by atoms with E-state index >= 15 is 0 Å². The molecule has 16 heavy (non-hydrogen) atoms. The maximum absolute atomic E-state index is 2.25. The van der Waals surface area contributed by atoms with Crippen molar-refractivity contribution in [3.63, 3.8) is 0 Å². The molecule has 1 aromatic rings. The maximum Gasteiger partial charge on any atom is -0.0227 e. The van der Waals surface area contributed by atoms with Gasteiger partial charge in [-0.15, -0.1) is 0 Å². The average molecular weight is 214 g/mol. The van der Waals surface area contributed by atoms with E-state index in [1.165, 1.54) is 36.8 Å². The van der Waals surface area contributed by atoms with Gasteiger partial charge in [0.15, 0.2) is 0 Å². The summed E-state index contributed by atoms with van der Waals surface area (Å²) in [5.74, 6) is 0. The fraction of sp³-hybridized carbons (Fsp3) is 0.375. The summed E-state index contributed by atoms with van der Waals surface area (Å²) in [6, 6.07) is 8.45. The van der Waals surface area contributed by atoms with Gasteiger partial charge in [-0.25, -0.2) is 0 Å². The van der Waals surface area contributed by atoms with Crippen molar-refractivity contribution in [3.05, 3.63) is 53.6 Å². The molecular weight excluding hydrogens is 192 g/mol. The summed E-state index contributed by atoms with van der Waals surface area (Å²) in [7, 11) is 0. The Labute approximate surface area is 99.7 Å². The number of benzene rings is 1. The summed E-state index contributed by atoms with van der Waals surface area (Å²) in [5, 5.41) is 0. The van der Waals surface area contributed by atoms with Crippen LogP contribution in [0.1, 0.15) is 43.7 Å². The molecule has 0 nitrogen and oxygen atoms in total. The Hall–Kier alpha value is -1.30.